The average molecular weight is 262 g/mol. The van der Waals surface area contributed by atoms with Gasteiger partial charge in [0.25, 0.3) is 0 Å². The fourth-order valence-corrected chi connectivity index (χ4v) is 1.82. The van der Waals surface area contributed by atoms with Crippen molar-refractivity contribution in [1.82, 2.24) is 15.1 Å². The van der Waals surface area contributed by atoms with Crippen LogP contribution in [0.1, 0.15) is 17.3 Å². The molecular weight excluding hydrogens is 247 g/mol. The van der Waals surface area contributed by atoms with Crippen LogP contribution >= 0.6 is 0 Å². The topological polar surface area (TPSA) is 72.9 Å². The van der Waals surface area contributed by atoms with Crippen molar-refractivity contribution in [3.63, 3.8) is 0 Å². The summed E-state index contributed by atoms with van der Waals surface area (Å²) >= 11 is 0. The molecule has 0 aliphatic heterocycles. The number of aryl methyl sites for hydroxylation is 1. The Hall–Kier alpha value is -2.21. The van der Waals surface area contributed by atoms with E-state index in [1.807, 2.05) is 13.1 Å². The number of aromatic nitrogens is 2. The number of benzene rings is 1. The summed E-state index contributed by atoms with van der Waals surface area (Å²) < 4.78 is 14.6. The van der Waals surface area contributed by atoms with E-state index in [1.165, 1.54) is 12.1 Å². The van der Waals surface area contributed by atoms with E-state index in [4.69, 9.17) is 5.73 Å². The molecule has 0 saturated carbocycles. The third-order valence-corrected chi connectivity index (χ3v) is 2.90. The zero-order valence-corrected chi connectivity index (χ0v) is 10.5. The standard InChI is InChI=1S/C13H15FN4O/c1-18-11(6-7-17-18)8-16-12(13(15)19)9-2-4-10(14)5-3-9/h2-7,12,16H,8H2,1H3,(H2,15,19)/t12-/m0/s1. The number of carbonyl (C=O) groups is 1. The van der Waals surface area contributed by atoms with Gasteiger partial charge in [0.15, 0.2) is 0 Å². The summed E-state index contributed by atoms with van der Waals surface area (Å²) in [5.41, 5.74) is 6.93. The Morgan fingerprint density at radius 1 is 1.42 bits per heavy atom. The predicted molar refractivity (Wildman–Crippen MR) is 68.4 cm³/mol. The molecule has 0 radical (unpaired) electrons. The maximum Gasteiger partial charge on any atom is 0.239 e. The lowest BCUT2D eigenvalue weighted by Crippen LogP contribution is -2.33. The van der Waals surface area contributed by atoms with E-state index in [1.54, 1.807) is 23.0 Å². The number of nitrogens with one attached hydrogen (secondary N) is 1. The molecule has 0 saturated heterocycles. The van der Waals surface area contributed by atoms with Gasteiger partial charge in [-0.1, -0.05) is 12.1 Å². The number of nitrogens with zero attached hydrogens (tertiary/aromatic N) is 2. The summed E-state index contributed by atoms with van der Waals surface area (Å²) in [6, 6.07) is 6.88. The summed E-state index contributed by atoms with van der Waals surface area (Å²) in [6.07, 6.45) is 1.67. The molecule has 5 nitrogen and oxygen atoms in total. The first-order valence-electron chi connectivity index (χ1n) is 5.83. The van der Waals surface area contributed by atoms with E-state index in [0.717, 1.165) is 5.69 Å². The van der Waals surface area contributed by atoms with Gasteiger partial charge < -0.3 is 5.73 Å². The summed E-state index contributed by atoms with van der Waals surface area (Å²) in [7, 11) is 1.81. The average Bonchev–Trinajstić information content (AvgIpc) is 2.77. The van der Waals surface area contributed by atoms with Crippen LogP contribution in [0.2, 0.25) is 0 Å². The monoisotopic (exact) mass is 262 g/mol. The van der Waals surface area contributed by atoms with Gasteiger partial charge in [-0.2, -0.15) is 5.10 Å². The minimum atomic E-state index is -0.657. The Balaban J connectivity index is 2.11. The van der Waals surface area contributed by atoms with Crippen LogP contribution in [-0.2, 0) is 18.4 Å². The van der Waals surface area contributed by atoms with Gasteiger partial charge in [0.2, 0.25) is 5.91 Å². The lowest BCUT2D eigenvalue weighted by molar-refractivity contribution is -0.120. The van der Waals surface area contributed by atoms with Crippen LogP contribution in [0.3, 0.4) is 0 Å². The molecule has 2 rings (SSSR count). The van der Waals surface area contributed by atoms with Gasteiger partial charge >= 0.3 is 0 Å². The van der Waals surface area contributed by atoms with Crippen LogP contribution < -0.4 is 11.1 Å². The van der Waals surface area contributed by atoms with Crippen molar-refractivity contribution in [1.29, 1.82) is 0 Å². The molecule has 0 aliphatic carbocycles. The van der Waals surface area contributed by atoms with Crippen LogP contribution in [0.4, 0.5) is 4.39 Å². The highest BCUT2D eigenvalue weighted by molar-refractivity contribution is 5.81. The van der Waals surface area contributed by atoms with Crippen molar-refractivity contribution in [2.24, 2.45) is 12.8 Å². The zero-order valence-electron chi connectivity index (χ0n) is 10.5. The summed E-state index contributed by atoms with van der Waals surface area (Å²) in [5, 5.41) is 7.08. The van der Waals surface area contributed by atoms with E-state index in [0.29, 0.717) is 12.1 Å². The number of hydrogen-bond donors (Lipinski definition) is 2. The molecular formula is C13H15FN4O. The van der Waals surface area contributed by atoms with Crippen molar-refractivity contribution < 1.29 is 9.18 Å². The highest BCUT2D eigenvalue weighted by Crippen LogP contribution is 2.14. The SMILES string of the molecule is Cn1nccc1CN[C@H](C(N)=O)c1ccc(F)cc1. The second-order valence-corrected chi connectivity index (χ2v) is 4.21. The molecule has 0 spiro atoms. The normalized spacial score (nSPS) is 12.3. The van der Waals surface area contributed by atoms with Gasteiger partial charge in [0.05, 0.1) is 5.69 Å². The lowest BCUT2D eigenvalue weighted by Gasteiger charge is -2.15. The quantitative estimate of drug-likeness (QED) is 0.840. The Morgan fingerprint density at radius 2 is 2.11 bits per heavy atom. The third-order valence-electron chi connectivity index (χ3n) is 2.90. The minimum Gasteiger partial charge on any atom is -0.368 e. The Morgan fingerprint density at radius 3 is 2.63 bits per heavy atom. The van der Waals surface area contributed by atoms with Gasteiger partial charge in [-0.15, -0.1) is 0 Å². The maximum atomic E-state index is 12.9. The first-order valence-corrected chi connectivity index (χ1v) is 5.83. The Bertz CT molecular complexity index is 564. The predicted octanol–water partition coefficient (Wildman–Crippen LogP) is 0.875. The van der Waals surface area contributed by atoms with Crippen LogP contribution in [0.5, 0.6) is 0 Å². The van der Waals surface area contributed by atoms with Gasteiger partial charge in [-0.05, 0) is 23.8 Å². The highest BCUT2D eigenvalue weighted by atomic mass is 19.1. The van der Waals surface area contributed by atoms with E-state index >= 15 is 0 Å². The molecule has 3 N–H and O–H groups in total. The molecule has 19 heavy (non-hydrogen) atoms. The van der Waals surface area contributed by atoms with E-state index in [-0.39, 0.29) is 5.82 Å². The molecule has 0 unspecified atom stereocenters. The first kappa shape index (κ1) is 13.2. The molecule has 1 amide bonds. The second-order valence-electron chi connectivity index (χ2n) is 4.21. The number of nitrogens with two attached hydrogens (primary N) is 1. The van der Waals surface area contributed by atoms with E-state index in [2.05, 4.69) is 10.4 Å². The number of rotatable bonds is 5. The van der Waals surface area contributed by atoms with Crippen LogP contribution in [0.25, 0.3) is 0 Å². The van der Waals surface area contributed by atoms with Crippen molar-refractivity contribution in [3.8, 4) is 0 Å². The Labute approximate surface area is 110 Å². The molecule has 100 valence electrons. The van der Waals surface area contributed by atoms with Crippen LogP contribution in [0.15, 0.2) is 36.5 Å². The van der Waals surface area contributed by atoms with E-state index in [9.17, 15) is 9.18 Å². The molecule has 0 bridgehead atoms. The summed E-state index contributed by atoms with van der Waals surface area (Å²) in [4.78, 5) is 11.5. The van der Waals surface area contributed by atoms with Crippen molar-refractivity contribution >= 4 is 5.91 Å². The molecule has 1 aromatic heterocycles. The number of halogens is 1. The van der Waals surface area contributed by atoms with Crippen molar-refractivity contribution in [2.45, 2.75) is 12.6 Å². The maximum absolute atomic E-state index is 12.9. The highest BCUT2D eigenvalue weighted by Gasteiger charge is 2.17. The molecule has 6 heteroatoms. The minimum absolute atomic E-state index is 0.349. The largest absolute Gasteiger partial charge is 0.368 e. The first-order chi connectivity index (χ1) is 9.08. The smallest absolute Gasteiger partial charge is 0.239 e. The molecule has 2 aromatic rings. The molecule has 0 aliphatic rings. The number of hydrogen-bond acceptors (Lipinski definition) is 3. The Kier molecular flexibility index (Phi) is 3.91. The van der Waals surface area contributed by atoms with Gasteiger partial charge in [0, 0.05) is 19.8 Å². The molecule has 1 aromatic carbocycles. The number of carbonyl (C=O) groups excluding carboxylic acids is 1. The van der Waals surface area contributed by atoms with E-state index < -0.39 is 11.9 Å². The van der Waals surface area contributed by atoms with Gasteiger partial charge in [-0.25, -0.2) is 4.39 Å². The van der Waals surface area contributed by atoms with Gasteiger partial charge in [0.1, 0.15) is 11.9 Å². The molecule has 0 fully saturated rings. The van der Waals surface area contributed by atoms with Crippen LogP contribution in [-0.4, -0.2) is 15.7 Å². The summed E-state index contributed by atoms with van der Waals surface area (Å²) in [5.74, 6) is -0.854. The van der Waals surface area contributed by atoms with Crippen molar-refractivity contribution in [3.05, 3.63) is 53.6 Å². The zero-order chi connectivity index (χ0) is 13.8. The summed E-state index contributed by atoms with van der Waals surface area (Å²) in [6.45, 7) is 0.446. The van der Waals surface area contributed by atoms with Crippen LogP contribution in [0, 0.1) is 5.82 Å². The lowest BCUT2D eigenvalue weighted by atomic mass is 10.1. The third kappa shape index (κ3) is 3.17. The fraction of sp³-hybridized carbons (Fsp3) is 0.231. The van der Waals surface area contributed by atoms with Gasteiger partial charge in [-0.3, -0.25) is 14.8 Å². The number of amides is 1. The fourth-order valence-electron chi connectivity index (χ4n) is 1.82. The molecule has 1 atom stereocenters. The van der Waals surface area contributed by atoms with Crippen molar-refractivity contribution in [2.75, 3.05) is 0 Å². The molecule has 1 heterocycles. The number of primary amides is 1. The second kappa shape index (κ2) is 5.62.